The van der Waals surface area contributed by atoms with Crippen molar-refractivity contribution in [2.75, 3.05) is 31.5 Å². The summed E-state index contributed by atoms with van der Waals surface area (Å²) in [4.78, 5) is 32.3. The van der Waals surface area contributed by atoms with Crippen LogP contribution in [-0.2, 0) is 17.1 Å². The number of methoxy groups -OCH3 is 2. The maximum absolute atomic E-state index is 13.9. The molecule has 3 N–H and O–H groups in total. The van der Waals surface area contributed by atoms with Crippen LogP contribution in [0.1, 0.15) is 87.4 Å². The zero-order chi connectivity index (χ0) is 45.8. The van der Waals surface area contributed by atoms with Gasteiger partial charge in [-0.25, -0.2) is 9.59 Å². The highest BCUT2D eigenvalue weighted by Crippen LogP contribution is 2.44. The number of esters is 1. The van der Waals surface area contributed by atoms with E-state index in [9.17, 15) is 41.0 Å². The van der Waals surface area contributed by atoms with Gasteiger partial charge in [-0.05, 0) is 116 Å². The van der Waals surface area contributed by atoms with Crippen molar-refractivity contribution >= 4 is 34.7 Å². The van der Waals surface area contributed by atoms with Crippen molar-refractivity contribution in [1.82, 2.24) is 9.97 Å². The highest BCUT2D eigenvalue weighted by Gasteiger charge is 2.37. The second-order valence-corrected chi connectivity index (χ2v) is 15.1. The van der Waals surface area contributed by atoms with E-state index in [0.717, 1.165) is 48.9 Å². The van der Waals surface area contributed by atoms with E-state index in [4.69, 9.17) is 14.2 Å². The van der Waals surface area contributed by atoms with Crippen LogP contribution in [0.25, 0.3) is 22.5 Å². The Hall–Kier alpha value is -7.10. The lowest BCUT2D eigenvalue weighted by Crippen LogP contribution is -2.11. The van der Waals surface area contributed by atoms with Crippen LogP contribution in [-0.4, -0.2) is 47.8 Å². The summed E-state index contributed by atoms with van der Waals surface area (Å²) in [5.41, 5.74) is 1.24. The number of carbonyl (C=O) groups is 2. The summed E-state index contributed by atoms with van der Waals surface area (Å²) in [7, 11) is 2.87. The molecule has 0 saturated heterocycles. The second-order valence-electron chi connectivity index (χ2n) is 15.1. The minimum Gasteiger partial charge on any atom is -0.497 e. The van der Waals surface area contributed by atoms with Crippen molar-refractivity contribution < 1.29 is 55.2 Å². The number of carboxylic acids is 1. The van der Waals surface area contributed by atoms with Crippen LogP contribution in [0.2, 0.25) is 0 Å². The number of anilines is 4. The van der Waals surface area contributed by atoms with Crippen LogP contribution in [0.5, 0.6) is 11.5 Å². The molecule has 2 aliphatic carbocycles. The van der Waals surface area contributed by atoms with Gasteiger partial charge in [-0.1, -0.05) is 36.4 Å². The highest BCUT2D eigenvalue weighted by atomic mass is 19.4. The number of hydrogen-bond donors (Lipinski definition) is 3. The normalized spacial score (nSPS) is 13.6. The molecule has 0 radical (unpaired) electrons. The Kier molecular flexibility index (Phi) is 13.1. The molecular formula is C48H42F6N4O6. The molecule has 0 spiro atoms. The predicted octanol–water partition coefficient (Wildman–Crippen LogP) is 12.7. The summed E-state index contributed by atoms with van der Waals surface area (Å²) >= 11 is 0. The molecule has 64 heavy (non-hydrogen) atoms. The molecule has 4 aromatic carbocycles. The van der Waals surface area contributed by atoms with Gasteiger partial charge in [0.25, 0.3) is 0 Å². The zero-order valence-corrected chi connectivity index (χ0v) is 34.7. The lowest BCUT2D eigenvalue weighted by Gasteiger charge is -2.17. The molecule has 2 aliphatic rings. The molecule has 10 nitrogen and oxygen atoms in total. The zero-order valence-electron chi connectivity index (χ0n) is 34.7. The minimum atomic E-state index is -4.66. The molecular weight excluding hydrogens is 843 g/mol. The fourth-order valence-corrected chi connectivity index (χ4v) is 7.05. The standard InChI is InChI=1S/C25H23F3N2O3.C23H19F3N2O3/c1-3-33-24(31)20-12-16(15-7-8-15)9-10-22(20)30-18-13-21(25(26,27)28)23(29-14-18)17-5-4-6-19(11-17)32-2;1-31-17-4-2-3-15(9-17)21-19(23(24,25)26)11-16(12-27-21)28-20-8-7-14(13-5-6-13)10-18(20)22(29)30/h4-6,9-15,30H,3,7-8H2,1-2H3;2-4,7-13,28H,5-6H2,1H3,(H,29,30). The SMILES string of the molecule is CCOC(=O)c1cc(C2CC2)ccc1Nc1cnc(-c2cccc(OC)c2)c(C(F)(F)F)c1.COc1cccc(-c2ncc(Nc3ccc(C4CC4)cc3C(=O)O)cc2C(F)(F)F)c1. The third-order valence-corrected chi connectivity index (χ3v) is 10.5. The van der Waals surface area contributed by atoms with E-state index in [1.807, 2.05) is 6.07 Å². The Morgan fingerprint density at radius 2 is 1.08 bits per heavy atom. The van der Waals surface area contributed by atoms with Crippen molar-refractivity contribution in [2.24, 2.45) is 0 Å². The highest BCUT2D eigenvalue weighted by molar-refractivity contribution is 5.97. The summed E-state index contributed by atoms with van der Waals surface area (Å²) in [6.07, 6.45) is -2.60. The van der Waals surface area contributed by atoms with Gasteiger partial charge in [0, 0.05) is 11.1 Å². The fraction of sp³-hybridized carbons (Fsp3) is 0.250. The Morgan fingerprint density at radius 1 is 0.641 bits per heavy atom. The summed E-state index contributed by atoms with van der Waals surface area (Å²) in [6.45, 7) is 1.90. The summed E-state index contributed by atoms with van der Waals surface area (Å²) in [6, 6.07) is 24.7. The molecule has 0 aliphatic heterocycles. The number of alkyl halides is 6. The lowest BCUT2D eigenvalue weighted by atomic mass is 10.0. The van der Waals surface area contributed by atoms with Crippen LogP contribution in [0.15, 0.2) is 109 Å². The van der Waals surface area contributed by atoms with Gasteiger partial charge in [0.1, 0.15) is 11.5 Å². The van der Waals surface area contributed by atoms with E-state index in [0.29, 0.717) is 29.0 Å². The smallest absolute Gasteiger partial charge is 0.418 e. The van der Waals surface area contributed by atoms with Crippen LogP contribution in [0, 0.1) is 0 Å². The second kappa shape index (κ2) is 18.7. The number of aromatic carboxylic acids is 1. The van der Waals surface area contributed by atoms with Crippen LogP contribution in [0.4, 0.5) is 49.1 Å². The van der Waals surface area contributed by atoms with Crippen molar-refractivity contribution in [3.63, 3.8) is 0 Å². The maximum Gasteiger partial charge on any atom is 0.418 e. The lowest BCUT2D eigenvalue weighted by molar-refractivity contribution is -0.138. The van der Waals surface area contributed by atoms with E-state index in [1.165, 1.54) is 44.8 Å². The summed E-state index contributed by atoms with van der Waals surface area (Å²) in [5, 5.41) is 15.3. The molecule has 16 heteroatoms. The molecule has 2 aromatic heterocycles. The number of carbonyl (C=O) groups excluding carboxylic acids is 1. The number of rotatable bonds is 13. The topological polar surface area (TPSA) is 132 Å². The number of nitrogens with one attached hydrogen (secondary N) is 2. The van der Waals surface area contributed by atoms with Crippen LogP contribution in [0.3, 0.4) is 0 Å². The minimum absolute atomic E-state index is 0.00910. The van der Waals surface area contributed by atoms with Crippen molar-refractivity contribution in [3.05, 3.63) is 143 Å². The van der Waals surface area contributed by atoms with Crippen molar-refractivity contribution in [1.29, 1.82) is 0 Å². The predicted molar refractivity (Wildman–Crippen MR) is 229 cm³/mol. The number of ether oxygens (including phenoxy) is 3. The fourth-order valence-electron chi connectivity index (χ4n) is 7.05. The molecule has 0 unspecified atom stereocenters. The van der Waals surface area contributed by atoms with Gasteiger partial charge in [0.05, 0.1) is 89.6 Å². The number of nitrogens with zero attached hydrogens (tertiary/aromatic N) is 2. The molecule has 0 bridgehead atoms. The Labute approximate surface area is 364 Å². The number of aromatic nitrogens is 2. The summed E-state index contributed by atoms with van der Waals surface area (Å²) in [5.74, 6) is -0.0712. The molecule has 2 heterocycles. The van der Waals surface area contributed by atoms with Crippen LogP contribution < -0.4 is 20.1 Å². The molecule has 2 fully saturated rings. The number of benzene rings is 4. The first-order valence-electron chi connectivity index (χ1n) is 20.2. The third kappa shape index (κ3) is 10.7. The van der Waals surface area contributed by atoms with E-state index in [1.54, 1.807) is 67.6 Å². The quantitative estimate of drug-likeness (QED) is 0.0761. The van der Waals surface area contributed by atoms with Gasteiger partial charge in [-0.2, -0.15) is 26.3 Å². The average Bonchev–Trinajstić information content (AvgIpc) is 4.22. The Morgan fingerprint density at radius 3 is 1.47 bits per heavy atom. The molecule has 0 amide bonds. The first-order valence-corrected chi connectivity index (χ1v) is 20.2. The molecule has 8 rings (SSSR count). The van der Waals surface area contributed by atoms with Gasteiger partial charge >= 0.3 is 24.3 Å². The third-order valence-electron chi connectivity index (χ3n) is 10.5. The van der Waals surface area contributed by atoms with E-state index in [2.05, 4.69) is 20.6 Å². The van der Waals surface area contributed by atoms with Crippen molar-refractivity contribution in [2.45, 2.75) is 56.8 Å². The Balaban J connectivity index is 0.000000192. The van der Waals surface area contributed by atoms with Gasteiger partial charge in [-0.15, -0.1) is 0 Å². The van der Waals surface area contributed by atoms with E-state index >= 15 is 0 Å². The number of hydrogen-bond acceptors (Lipinski definition) is 9. The average molecular weight is 885 g/mol. The largest absolute Gasteiger partial charge is 0.497 e. The maximum atomic E-state index is 13.9. The molecule has 6 aromatic rings. The molecule has 2 saturated carbocycles. The van der Waals surface area contributed by atoms with Gasteiger partial charge < -0.3 is 30.0 Å². The molecule has 0 atom stereocenters. The monoisotopic (exact) mass is 884 g/mol. The van der Waals surface area contributed by atoms with E-state index in [-0.39, 0.29) is 57.3 Å². The van der Waals surface area contributed by atoms with Gasteiger partial charge in [-0.3, -0.25) is 9.97 Å². The molecule has 332 valence electrons. The van der Waals surface area contributed by atoms with Gasteiger partial charge in [0.15, 0.2) is 0 Å². The first kappa shape index (κ1) is 44.9. The number of pyridine rings is 2. The van der Waals surface area contributed by atoms with Gasteiger partial charge in [0.2, 0.25) is 0 Å². The van der Waals surface area contributed by atoms with Crippen LogP contribution >= 0.6 is 0 Å². The summed E-state index contributed by atoms with van der Waals surface area (Å²) < 4.78 is 98.5. The number of carboxylic acid groups (broad SMARTS) is 1. The van der Waals surface area contributed by atoms with Crippen molar-refractivity contribution in [3.8, 4) is 34.0 Å². The van der Waals surface area contributed by atoms with E-state index < -0.39 is 35.4 Å². The first-order chi connectivity index (χ1) is 30.6. The number of halogens is 6. The Bertz CT molecular complexity index is 2680.